The van der Waals surface area contributed by atoms with Gasteiger partial charge in [0.1, 0.15) is 0 Å². The second kappa shape index (κ2) is 5.79. The van der Waals surface area contributed by atoms with Crippen LogP contribution in [0.15, 0.2) is 24.3 Å². The summed E-state index contributed by atoms with van der Waals surface area (Å²) in [7, 11) is 0. The number of nitrogens with one attached hydrogen (secondary N) is 1. The van der Waals surface area contributed by atoms with Gasteiger partial charge in [0.25, 0.3) is 0 Å². The molecule has 0 saturated heterocycles. The highest BCUT2D eigenvalue weighted by Crippen LogP contribution is 2.31. The van der Waals surface area contributed by atoms with Crippen molar-refractivity contribution in [2.75, 3.05) is 0 Å². The second-order valence-electron chi connectivity index (χ2n) is 4.49. The molecule has 2 nitrogen and oxygen atoms in total. The lowest BCUT2D eigenvalue weighted by atomic mass is 9.97. The van der Waals surface area contributed by atoms with E-state index in [1.54, 1.807) is 19.1 Å². The van der Waals surface area contributed by atoms with E-state index in [4.69, 9.17) is 5.84 Å². The minimum absolute atomic E-state index is 0.270. The highest BCUT2D eigenvalue weighted by atomic mass is 19.2. The van der Waals surface area contributed by atoms with Crippen LogP contribution in [-0.2, 0) is 0 Å². The van der Waals surface area contributed by atoms with Crippen LogP contribution in [-0.4, -0.2) is 0 Å². The molecule has 0 fully saturated rings. The molecule has 2 rings (SSSR count). The van der Waals surface area contributed by atoms with Crippen LogP contribution in [0.3, 0.4) is 0 Å². The van der Waals surface area contributed by atoms with E-state index >= 15 is 0 Å². The Morgan fingerprint density at radius 2 is 1.24 bits per heavy atom. The van der Waals surface area contributed by atoms with Crippen LogP contribution < -0.4 is 11.3 Å². The van der Waals surface area contributed by atoms with Crippen LogP contribution in [0.2, 0.25) is 0 Å². The second-order valence-corrected chi connectivity index (χ2v) is 4.49. The first kappa shape index (κ1) is 15.4. The maximum Gasteiger partial charge on any atom is 0.200 e. The van der Waals surface area contributed by atoms with Gasteiger partial charge in [0, 0.05) is 0 Å². The maximum atomic E-state index is 13.8. The Bertz CT molecular complexity index is 641. The molecule has 2 aromatic rings. The quantitative estimate of drug-likeness (QED) is 0.300. The Balaban J connectivity index is 2.65. The lowest BCUT2D eigenvalue weighted by Crippen LogP contribution is -2.31. The summed E-state index contributed by atoms with van der Waals surface area (Å²) >= 11 is 0. The molecule has 0 aromatic heterocycles. The number of hydrogen-bond acceptors (Lipinski definition) is 2. The van der Waals surface area contributed by atoms with E-state index in [0.717, 1.165) is 5.56 Å². The summed E-state index contributed by atoms with van der Waals surface area (Å²) in [6.07, 6.45) is 0. The topological polar surface area (TPSA) is 38.0 Å². The molecular weight excluding hydrogens is 291 g/mol. The van der Waals surface area contributed by atoms with E-state index in [0.29, 0.717) is 0 Å². The molecule has 2 aromatic carbocycles. The number of hydrazine groups is 1. The fourth-order valence-corrected chi connectivity index (χ4v) is 1.98. The SMILES string of the molecule is Cc1ccc(C(NN)c2c(F)c(F)c(F)c(F)c2F)cc1. The van der Waals surface area contributed by atoms with E-state index in [9.17, 15) is 22.0 Å². The van der Waals surface area contributed by atoms with Gasteiger partial charge in [0.2, 0.25) is 5.82 Å². The largest absolute Gasteiger partial charge is 0.271 e. The summed E-state index contributed by atoms with van der Waals surface area (Å²) in [5.41, 5.74) is 2.20. The van der Waals surface area contributed by atoms with E-state index < -0.39 is 40.7 Å². The molecule has 0 bridgehead atoms. The zero-order valence-corrected chi connectivity index (χ0v) is 10.9. The first-order chi connectivity index (χ1) is 9.88. The zero-order chi connectivity index (χ0) is 15.7. The molecule has 0 radical (unpaired) electrons. The summed E-state index contributed by atoms with van der Waals surface area (Å²) in [6, 6.07) is 4.86. The van der Waals surface area contributed by atoms with Gasteiger partial charge in [-0.1, -0.05) is 29.8 Å². The number of nitrogens with two attached hydrogens (primary N) is 1. The van der Waals surface area contributed by atoms with Crippen LogP contribution in [0.5, 0.6) is 0 Å². The highest BCUT2D eigenvalue weighted by molar-refractivity contribution is 5.36. The summed E-state index contributed by atoms with van der Waals surface area (Å²) in [6.45, 7) is 1.78. The molecule has 0 heterocycles. The van der Waals surface area contributed by atoms with Crippen LogP contribution in [0.1, 0.15) is 22.7 Å². The van der Waals surface area contributed by atoms with Gasteiger partial charge in [-0.3, -0.25) is 5.84 Å². The van der Waals surface area contributed by atoms with E-state index in [-0.39, 0.29) is 5.56 Å². The molecular formula is C14H11F5N2. The van der Waals surface area contributed by atoms with Gasteiger partial charge in [-0.25, -0.2) is 27.4 Å². The molecule has 0 amide bonds. The number of halogens is 5. The molecule has 0 aliphatic carbocycles. The molecule has 1 atom stereocenters. The van der Waals surface area contributed by atoms with Crippen molar-refractivity contribution in [3.05, 3.63) is 70.0 Å². The van der Waals surface area contributed by atoms with Crippen molar-refractivity contribution in [2.45, 2.75) is 13.0 Å². The van der Waals surface area contributed by atoms with Gasteiger partial charge >= 0.3 is 0 Å². The maximum absolute atomic E-state index is 13.8. The van der Waals surface area contributed by atoms with Crippen molar-refractivity contribution in [3.63, 3.8) is 0 Å². The summed E-state index contributed by atoms with van der Waals surface area (Å²) in [4.78, 5) is 0. The van der Waals surface area contributed by atoms with Crippen molar-refractivity contribution in [1.29, 1.82) is 0 Å². The Morgan fingerprint density at radius 3 is 1.67 bits per heavy atom. The smallest absolute Gasteiger partial charge is 0.200 e. The molecule has 7 heteroatoms. The monoisotopic (exact) mass is 302 g/mol. The minimum atomic E-state index is -2.20. The first-order valence-corrected chi connectivity index (χ1v) is 5.92. The van der Waals surface area contributed by atoms with E-state index in [1.807, 2.05) is 0 Å². The van der Waals surface area contributed by atoms with Gasteiger partial charge in [0.05, 0.1) is 11.6 Å². The van der Waals surface area contributed by atoms with Crippen molar-refractivity contribution in [2.24, 2.45) is 5.84 Å². The highest BCUT2D eigenvalue weighted by Gasteiger charge is 2.30. The third-order valence-corrected chi connectivity index (χ3v) is 3.11. The fraction of sp³-hybridized carbons (Fsp3) is 0.143. The van der Waals surface area contributed by atoms with Crippen LogP contribution >= 0.6 is 0 Å². The van der Waals surface area contributed by atoms with Crippen LogP contribution in [0, 0.1) is 36.0 Å². The first-order valence-electron chi connectivity index (χ1n) is 5.92. The van der Waals surface area contributed by atoms with Gasteiger partial charge < -0.3 is 0 Å². The molecule has 0 saturated carbocycles. The molecule has 0 aliphatic rings. The predicted octanol–water partition coefficient (Wildman–Crippen LogP) is 3.24. The normalized spacial score (nSPS) is 12.5. The predicted molar refractivity (Wildman–Crippen MR) is 66.6 cm³/mol. The Morgan fingerprint density at radius 1 is 0.810 bits per heavy atom. The van der Waals surface area contributed by atoms with Crippen molar-refractivity contribution in [1.82, 2.24) is 5.43 Å². The zero-order valence-electron chi connectivity index (χ0n) is 10.9. The van der Waals surface area contributed by atoms with E-state index in [2.05, 4.69) is 5.43 Å². The fourth-order valence-electron chi connectivity index (χ4n) is 1.98. The molecule has 1 unspecified atom stereocenters. The van der Waals surface area contributed by atoms with Crippen LogP contribution in [0.25, 0.3) is 0 Å². The molecule has 3 N–H and O–H groups in total. The van der Waals surface area contributed by atoms with E-state index in [1.165, 1.54) is 12.1 Å². The standard InChI is InChI=1S/C14H11F5N2/c1-6-2-4-7(5-3-6)14(21-20)8-9(15)11(17)13(19)12(18)10(8)16/h2-5,14,21H,20H2,1H3. The van der Waals surface area contributed by atoms with Crippen molar-refractivity contribution >= 4 is 0 Å². The Hall–Kier alpha value is -1.99. The average Bonchev–Trinajstić information content (AvgIpc) is 2.49. The van der Waals surface area contributed by atoms with Gasteiger partial charge in [-0.2, -0.15) is 0 Å². The summed E-state index contributed by atoms with van der Waals surface area (Å²) in [5, 5.41) is 0. The molecule has 0 aliphatic heterocycles. The number of benzene rings is 2. The van der Waals surface area contributed by atoms with Crippen molar-refractivity contribution < 1.29 is 22.0 Å². The molecule has 112 valence electrons. The lowest BCUT2D eigenvalue weighted by molar-refractivity contribution is 0.362. The number of hydrogen-bond donors (Lipinski definition) is 2. The Kier molecular flexibility index (Phi) is 4.24. The lowest BCUT2D eigenvalue weighted by Gasteiger charge is -2.19. The Labute approximate surface area is 117 Å². The third-order valence-electron chi connectivity index (χ3n) is 3.11. The number of aryl methyl sites for hydroxylation is 1. The summed E-state index contributed by atoms with van der Waals surface area (Å²) < 4.78 is 67.1. The van der Waals surface area contributed by atoms with Gasteiger partial charge in [-0.15, -0.1) is 0 Å². The molecule has 21 heavy (non-hydrogen) atoms. The van der Waals surface area contributed by atoms with Gasteiger partial charge in [-0.05, 0) is 12.5 Å². The number of rotatable bonds is 3. The average molecular weight is 302 g/mol. The summed E-state index contributed by atoms with van der Waals surface area (Å²) in [5.74, 6) is -4.79. The molecule has 0 spiro atoms. The van der Waals surface area contributed by atoms with Crippen molar-refractivity contribution in [3.8, 4) is 0 Å². The third kappa shape index (κ3) is 2.62. The van der Waals surface area contributed by atoms with Crippen LogP contribution in [0.4, 0.5) is 22.0 Å². The van der Waals surface area contributed by atoms with Gasteiger partial charge in [0.15, 0.2) is 23.3 Å². The minimum Gasteiger partial charge on any atom is -0.271 e.